The van der Waals surface area contributed by atoms with E-state index in [2.05, 4.69) is 43.4 Å². The third kappa shape index (κ3) is 8.70. The van der Waals surface area contributed by atoms with Crippen LogP contribution >= 0.6 is 0 Å². The quantitative estimate of drug-likeness (QED) is 0.267. The lowest BCUT2D eigenvalue weighted by atomic mass is 9.88. The van der Waals surface area contributed by atoms with Gasteiger partial charge in [-0.2, -0.15) is 0 Å². The van der Waals surface area contributed by atoms with E-state index in [0.29, 0.717) is 31.4 Å². The molecule has 6 nitrogen and oxygen atoms in total. The van der Waals surface area contributed by atoms with Crippen LogP contribution in [0.2, 0.25) is 0 Å². The summed E-state index contributed by atoms with van der Waals surface area (Å²) in [5.74, 6) is 0.889. The summed E-state index contributed by atoms with van der Waals surface area (Å²) in [6.07, 6.45) is 5.46. The van der Waals surface area contributed by atoms with Gasteiger partial charge < -0.3 is 24.6 Å². The third-order valence-electron chi connectivity index (χ3n) is 6.80. The van der Waals surface area contributed by atoms with E-state index in [1.54, 1.807) is 13.0 Å². The smallest absolute Gasteiger partial charge is 0.330 e. The Labute approximate surface area is 222 Å². The van der Waals surface area contributed by atoms with Crippen LogP contribution in [0.25, 0.3) is 6.08 Å². The number of β-amino-alcohol motifs (C(OH)–C–C–N with tert-alkyl or cyclic N) is 1. The van der Waals surface area contributed by atoms with Crippen molar-refractivity contribution in [2.45, 2.75) is 71.6 Å². The molecule has 3 rings (SSSR count). The number of esters is 1. The molecule has 1 aliphatic rings. The molecule has 2 aromatic rings. The molecular formula is C31H43NO5. The summed E-state index contributed by atoms with van der Waals surface area (Å²) in [5, 5.41) is 14.2. The van der Waals surface area contributed by atoms with E-state index in [9.17, 15) is 9.90 Å². The molecule has 2 N–H and O–H groups in total. The van der Waals surface area contributed by atoms with Crippen LogP contribution in [0.1, 0.15) is 69.4 Å². The van der Waals surface area contributed by atoms with Gasteiger partial charge in [0.15, 0.2) is 0 Å². The van der Waals surface area contributed by atoms with E-state index < -0.39 is 12.1 Å². The summed E-state index contributed by atoms with van der Waals surface area (Å²) in [5.41, 5.74) is 4.51. The molecule has 202 valence electrons. The average molecular weight is 510 g/mol. The lowest BCUT2D eigenvalue weighted by Gasteiger charge is -2.31. The Balaban J connectivity index is 1.53. The molecule has 0 unspecified atom stereocenters. The van der Waals surface area contributed by atoms with Crippen LogP contribution in [0, 0.1) is 5.92 Å². The maximum atomic E-state index is 11.9. The highest BCUT2D eigenvalue weighted by molar-refractivity contribution is 5.88. The van der Waals surface area contributed by atoms with E-state index in [1.165, 1.54) is 17.2 Å². The molecular weight excluding hydrogens is 466 g/mol. The van der Waals surface area contributed by atoms with Gasteiger partial charge in [0.25, 0.3) is 0 Å². The fraction of sp³-hybridized carbons (Fsp3) is 0.516. The molecule has 2 aromatic carbocycles. The third-order valence-corrected chi connectivity index (χ3v) is 6.80. The van der Waals surface area contributed by atoms with E-state index in [1.807, 2.05) is 32.0 Å². The van der Waals surface area contributed by atoms with E-state index in [0.717, 1.165) is 30.4 Å². The molecule has 0 spiro atoms. The SMILES string of the molecule is CCOC(=O)/C=C/c1c(OCC)cccc1[C@@H](C)OC[C@H](O)CNC(C)(C)CC1Cc2ccccc2C1. The van der Waals surface area contributed by atoms with E-state index in [-0.39, 0.29) is 18.2 Å². The summed E-state index contributed by atoms with van der Waals surface area (Å²) < 4.78 is 16.9. The zero-order chi connectivity index (χ0) is 26.8. The molecule has 1 aliphatic carbocycles. The monoisotopic (exact) mass is 509 g/mol. The predicted molar refractivity (Wildman–Crippen MR) is 148 cm³/mol. The zero-order valence-corrected chi connectivity index (χ0v) is 23.0. The number of carbonyl (C=O) groups excluding carboxylic acids is 1. The second kappa shape index (κ2) is 13.8. The van der Waals surface area contributed by atoms with Crippen LogP contribution in [-0.4, -0.2) is 49.1 Å². The van der Waals surface area contributed by atoms with Gasteiger partial charge in [-0.15, -0.1) is 0 Å². The molecule has 6 heteroatoms. The number of aliphatic hydroxyl groups is 1. The normalized spacial score (nSPS) is 15.5. The Hall–Kier alpha value is -2.67. The predicted octanol–water partition coefficient (Wildman–Crippen LogP) is 5.27. The highest BCUT2D eigenvalue weighted by atomic mass is 16.5. The van der Waals surface area contributed by atoms with Crippen LogP contribution in [-0.2, 0) is 27.1 Å². The Morgan fingerprint density at radius 3 is 2.46 bits per heavy atom. The zero-order valence-electron chi connectivity index (χ0n) is 23.0. The van der Waals surface area contributed by atoms with E-state index >= 15 is 0 Å². The van der Waals surface area contributed by atoms with E-state index in [4.69, 9.17) is 14.2 Å². The van der Waals surface area contributed by atoms with Crippen molar-refractivity contribution < 1.29 is 24.1 Å². The summed E-state index contributed by atoms with van der Waals surface area (Å²) in [7, 11) is 0. The molecule has 2 atom stereocenters. The van der Waals surface area contributed by atoms with Crippen molar-refractivity contribution in [2.75, 3.05) is 26.4 Å². The molecule has 0 heterocycles. The van der Waals surface area contributed by atoms with Gasteiger partial charge in [0.05, 0.1) is 32.0 Å². The second-order valence-corrected chi connectivity index (χ2v) is 10.4. The molecule has 0 aromatic heterocycles. The fourth-order valence-corrected chi connectivity index (χ4v) is 5.10. The van der Waals surface area contributed by atoms with Crippen LogP contribution < -0.4 is 10.1 Å². The van der Waals surface area contributed by atoms with Crippen LogP contribution in [0.3, 0.4) is 0 Å². The molecule has 0 bridgehead atoms. The summed E-state index contributed by atoms with van der Waals surface area (Å²) >= 11 is 0. The first-order valence-electron chi connectivity index (χ1n) is 13.4. The van der Waals surface area contributed by atoms with Crippen LogP contribution in [0.5, 0.6) is 5.75 Å². The minimum Gasteiger partial charge on any atom is -0.493 e. The molecule has 0 aliphatic heterocycles. The summed E-state index contributed by atoms with van der Waals surface area (Å²) in [6.45, 7) is 11.5. The number of aliphatic hydroxyl groups excluding tert-OH is 1. The largest absolute Gasteiger partial charge is 0.493 e. The standard InChI is InChI=1S/C31H43NO5/c1-6-35-29-14-10-13-27(28(29)15-16-30(34)36-7-2)22(3)37-21-26(33)20-32-31(4,5)19-23-17-24-11-8-9-12-25(24)18-23/h8-16,22-23,26,32-33H,6-7,17-21H2,1-5H3/b16-15+/t22-,26-/m1/s1. The van der Waals surface area contributed by atoms with Crippen molar-refractivity contribution in [3.8, 4) is 5.75 Å². The molecule has 0 saturated heterocycles. The van der Waals surface area contributed by atoms with Crippen molar-refractivity contribution in [3.63, 3.8) is 0 Å². The summed E-state index contributed by atoms with van der Waals surface area (Å²) in [6, 6.07) is 14.4. The lowest BCUT2D eigenvalue weighted by molar-refractivity contribution is -0.137. The Bertz CT molecular complexity index is 1020. The Morgan fingerprint density at radius 2 is 1.81 bits per heavy atom. The number of hydrogen-bond acceptors (Lipinski definition) is 6. The number of ether oxygens (including phenoxy) is 3. The van der Waals surface area contributed by atoms with Gasteiger partial charge in [-0.05, 0) is 88.6 Å². The van der Waals surface area contributed by atoms with Crippen LogP contribution in [0.15, 0.2) is 48.5 Å². The number of fused-ring (bicyclic) bond motifs is 1. The second-order valence-electron chi connectivity index (χ2n) is 10.4. The number of hydrogen-bond donors (Lipinski definition) is 2. The maximum Gasteiger partial charge on any atom is 0.330 e. The minimum atomic E-state index is -0.643. The Morgan fingerprint density at radius 1 is 1.11 bits per heavy atom. The molecule has 0 fully saturated rings. The van der Waals surface area contributed by atoms with Gasteiger partial charge in [0, 0.05) is 23.7 Å². The number of nitrogens with one attached hydrogen (secondary N) is 1. The van der Waals surface area contributed by atoms with Gasteiger partial charge >= 0.3 is 5.97 Å². The van der Waals surface area contributed by atoms with Crippen molar-refractivity contribution in [3.05, 3.63) is 70.8 Å². The van der Waals surface area contributed by atoms with Gasteiger partial charge in [0.2, 0.25) is 0 Å². The van der Waals surface area contributed by atoms with Crippen molar-refractivity contribution in [1.29, 1.82) is 0 Å². The highest BCUT2D eigenvalue weighted by Crippen LogP contribution is 2.32. The van der Waals surface area contributed by atoms with Gasteiger partial charge in [-0.3, -0.25) is 0 Å². The summed E-state index contributed by atoms with van der Waals surface area (Å²) in [4.78, 5) is 11.9. The maximum absolute atomic E-state index is 11.9. The number of rotatable bonds is 14. The highest BCUT2D eigenvalue weighted by Gasteiger charge is 2.28. The minimum absolute atomic E-state index is 0.0871. The van der Waals surface area contributed by atoms with Gasteiger partial charge in [-0.25, -0.2) is 4.79 Å². The van der Waals surface area contributed by atoms with Crippen molar-refractivity contribution >= 4 is 12.0 Å². The molecule has 0 saturated carbocycles. The fourth-order valence-electron chi connectivity index (χ4n) is 5.10. The van der Waals surface area contributed by atoms with Gasteiger partial charge in [-0.1, -0.05) is 36.4 Å². The lowest BCUT2D eigenvalue weighted by Crippen LogP contribution is -2.45. The first kappa shape index (κ1) is 28.9. The van der Waals surface area contributed by atoms with Crippen molar-refractivity contribution in [2.24, 2.45) is 5.92 Å². The first-order chi connectivity index (χ1) is 17.7. The first-order valence-corrected chi connectivity index (χ1v) is 13.4. The number of benzene rings is 2. The van der Waals surface area contributed by atoms with Gasteiger partial charge in [0.1, 0.15) is 5.75 Å². The van der Waals surface area contributed by atoms with Crippen molar-refractivity contribution in [1.82, 2.24) is 5.32 Å². The van der Waals surface area contributed by atoms with Crippen LogP contribution in [0.4, 0.5) is 0 Å². The average Bonchev–Trinajstić information content (AvgIpc) is 3.27. The molecule has 37 heavy (non-hydrogen) atoms. The Kier molecular flexibility index (Phi) is 10.7. The molecule has 0 radical (unpaired) electrons. The topological polar surface area (TPSA) is 77.0 Å². The number of carbonyl (C=O) groups is 1. The molecule has 0 amide bonds.